The molecule has 9 nitrogen and oxygen atoms in total. The van der Waals surface area contributed by atoms with E-state index < -0.39 is 12.3 Å². The zero-order valence-electron chi connectivity index (χ0n) is 26.6. The van der Waals surface area contributed by atoms with Crippen molar-refractivity contribution in [2.45, 2.75) is 76.6 Å². The molecule has 3 aromatic carbocycles. The molecule has 2 heterocycles. The smallest absolute Gasteiger partial charge is 0.303 e. The van der Waals surface area contributed by atoms with Gasteiger partial charge in [-0.25, -0.2) is 0 Å². The molecule has 5 rings (SSSR count). The van der Waals surface area contributed by atoms with Crippen LogP contribution in [0.4, 0.5) is 5.69 Å². The second-order valence-corrected chi connectivity index (χ2v) is 12.4. The predicted octanol–water partition coefficient (Wildman–Crippen LogP) is 5.91. The molecule has 246 valence electrons. The molecule has 2 aliphatic heterocycles. The summed E-state index contributed by atoms with van der Waals surface area (Å²) in [5.74, 6) is -0.842. The van der Waals surface area contributed by atoms with Crippen LogP contribution in [0.25, 0.3) is 0 Å². The van der Waals surface area contributed by atoms with Gasteiger partial charge in [-0.15, -0.1) is 0 Å². The number of nitrogens with zero attached hydrogens (tertiary/aromatic N) is 2. The molecule has 1 amide bonds. The number of carbonyl (C=O) groups is 2. The van der Waals surface area contributed by atoms with Crippen molar-refractivity contribution in [2.24, 2.45) is 0 Å². The van der Waals surface area contributed by atoms with Gasteiger partial charge in [-0.05, 0) is 41.7 Å². The number of nitrogens with one attached hydrogen (secondary N) is 1. The van der Waals surface area contributed by atoms with Gasteiger partial charge in [-0.1, -0.05) is 79.6 Å². The number of benzene rings is 3. The molecule has 2 saturated heterocycles. The lowest BCUT2D eigenvalue weighted by Gasteiger charge is -2.41. The monoisotopic (exact) mass is 629 g/mol. The van der Waals surface area contributed by atoms with Crippen molar-refractivity contribution in [1.82, 2.24) is 9.80 Å². The Hall–Kier alpha value is -3.60. The van der Waals surface area contributed by atoms with Gasteiger partial charge < -0.3 is 25.0 Å². The van der Waals surface area contributed by atoms with E-state index in [1.807, 2.05) is 48.5 Å². The van der Waals surface area contributed by atoms with Crippen molar-refractivity contribution < 1.29 is 29.3 Å². The molecule has 0 saturated carbocycles. The van der Waals surface area contributed by atoms with Crippen LogP contribution in [0, 0.1) is 0 Å². The Morgan fingerprint density at radius 2 is 1.48 bits per heavy atom. The van der Waals surface area contributed by atoms with Gasteiger partial charge in [0.1, 0.15) is 0 Å². The highest BCUT2D eigenvalue weighted by Gasteiger charge is 2.34. The van der Waals surface area contributed by atoms with E-state index in [2.05, 4.69) is 45.4 Å². The normalized spacial score (nSPS) is 20.8. The summed E-state index contributed by atoms with van der Waals surface area (Å²) in [5, 5.41) is 21.3. The Kier molecular flexibility index (Phi) is 12.7. The van der Waals surface area contributed by atoms with Gasteiger partial charge in [-0.2, -0.15) is 0 Å². The van der Waals surface area contributed by atoms with Gasteiger partial charge in [0, 0.05) is 69.8 Å². The highest BCUT2D eigenvalue weighted by molar-refractivity contribution is 5.90. The summed E-state index contributed by atoms with van der Waals surface area (Å²) in [6.07, 6.45) is 3.47. The highest BCUT2D eigenvalue weighted by Crippen LogP contribution is 2.38. The molecule has 0 aliphatic carbocycles. The summed E-state index contributed by atoms with van der Waals surface area (Å²) in [4.78, 5) is 28.3. The SMILES string of the molecule is O=C(O)CCCCCCC(=O)Nc1cccc([C@@H]2O[C@H](CN3CCN(Cc4ccccc4)CC3)C[C@H](c3ccc(CO)cc3)O2)c1. The molecule has 0 unspecified atom stereocenters. The first kappa shape index (κ1) is 33.8. The number of unbranched alkanes of at least 4 members (excludes halogenated alkanes) is 3. The first-order chi connectivity index (χ1) is 22.4. The topological polar surface area (TPSA) is 112 Å². The number of aliphatic carboxylic acids is 1. The van der Waals surface area contributed by atoms with E-state index in [9.17, 15) is 14.7 Å². The van der Waals surface area contributed by atoms with Crippen LogP contribution in [0.1, 0.15) is 79.6 Å². The van der Waals surface area contributed by atoms with E-state index >= 15 is 0 Å². The Morgan fingerprint density at radius 3 is 2.20 bits per heavy atom. The number of aliphatic hydroxyl groups is 1. The number of hydrogen-bond donors (Lipinski definition) is 3. The maximum absolute atomic E-state index is 12.6. The van der Waals surface area contributed by atoms with Gasteiger partial charge in [0.05, 0.1) is 18.8 Å². The van der Waals surface area contributed by atoms with Gasteiger partial charge in [-0.3, -0.25) is 19.4 Å². The van der Waals surface area contributed by atoms with E-state index in [0.29, 0.717) is 18.5 Å². The first-order valence-corrected chi connectivity index (χ1v) is 16.6. The third kappa shape index (κ3) is 10.5. The number of hydrogen-bond acceptors (Lipinski definition) is 7. The molecule has 0 bridgehead atoms. The maximum atomic E-state index is 12.6. The average Bonchev–Trinajstić information content (AvgIpc) is 3.07. The standard InChI is InChI=1S/C37H47N3O6/c41-27-29-15-17-30(18-16-29)34-24-33(26-40-21-19-39(20-22-40)25-28-9-4-3-5-10-28)45-37(46-34)31-11-8-12-32(23-31)38-35(42)13-6-1-2-7-14-36(43)44/h3-5,8-12,15-18,23,33-34,37,41H,1-2,6-7,13-14,19-22,24-27H2,(H,38,42)(H,43,44)/t33-,34+,37+/m0/s1. The van der Waals surface area contributed by atoms with Crippen LogP contribution in [0.15, 0.2) is 78.9 Å². The molecule has 3 atom stereocenters. The molecule has 46 heavy (non-hydrogen) atoms. The van der Waals surface area contributed by atoms with Crippen molar-refractivity contribution in [3.05, 3.63) is 101 Å². The van der Waals surface area contributed by atoms with Crippen LogP contribution in [-0.2, 0) is 32.2 Å². The van der Waals surface area contributed by atoms with E-state index in [1.54, 1.807) is 0 Å². The minimum atomic E-state index is -0.779. The molecule has 2 fully saturated rings. The van der Waals surface area contributed by atoms with Crippen LogP contribution in [0.2, 0.25) is 0 Å². The molecule has 0 radical (unpaired) electrons. The van der Waals surface area contributed by atoms with Crippen molar-refractivity contribution in [1.29, 1.82) is 0 Å². The summed E-state index contributed by atoms with van der Waals surface area (Å²) in [6, 6.07) is 26.2. The lowest BCUT2D eigenvalue weighted by atomic mass is 9.99. The fraction of sp³-hybridized carbons (Fsp3) is 0.459. The lowest BCUT2D eigenvalue weighted by Crippen LogP contribution is -2.49. The summed E-state index contributed by atoms with van der Waals surface area (Å²) >= 11 is 0. The van der Waals surface area contributed by atoms with Gasteiger partial charge in [0.15, 0.2) is 6.29 Å². The van der Waals surface area contributed by atoms with E-state index in [0.717, 1.165) is 81.6 Å². The number of ether oxygens (including phenoxy) is 2. The van der Waals surface area contributed by atoms with Crippen LogP contribution in [0.5, 0.6) is 0 Å². The number of carboxylic acids is 1. The second kappa shape index (κ2) is 17.4. The minimum absolute atomic E-state index is 0.000347. The van der Waals surface area contributed by atoms with Crippen molar-refractivity contribution in [2.75, 3.05) is 38.0 Å². The first-order valence-electron chi connectivity index (χ1n) is 16.6. The molecule has 0 spiro atoms. The molecule has 3 aromatic rings. The Labute approximate surface area is 272 Å². The molecule has 9 heteroatoms. The number of anilines is 1. The Balaban J connectivity index is 1.19. The van der Waals surface area contributed by atoms with E-state index in [-0.39, 0.29) is 31.1 Å². The summed E-state index contributed by atoms with van der Waals surface area (Å²) in [5.41, 5.74) is 4.80. The number of carbonyl (C=O) groups excluding carboxylic acids is 1. The van der Waals surface area contributed by atoms with E-state index in [1.165, 1.54) is 5.56 Å². The fourth-order valence-corrected chi connectivity index (χ4v) is 6.19. The van der Waals surface area contributed by atoms with E-state index in [4.69, 9.17) is 14.6 Å². The van der Waals surface area contributed by atoms with Gasteiger partial charge in [0.25, 0.3) is 0 Å². The van der Waals surface area contributed by atoms with Gasteiger partial charge >= 0.3 is 5.97 Å². The van der Waals surface area contributed by atoms with Crippen LogP contribution in [0.3, 0.4) is 0 Å². The number of aliphatic hydroxyl groups excluding tert-OH is 1. The molecule has 2 aliphatic rings. The molecule has 0 aromatic heterocycles. The van der Waals surface area contributed by atoms with Crippen LogP contribution >= 0.6 is 0 Å². The number of amides is 1. The second-order valence-electron chi connectivity index (χ2n) is 12.4. The summed E-state index contributed by atoms with van der Waals surface area (Å²) in [7, 11) is 0. The third-order valence-electron chi connectivity index (χ3n) is 8.78. The third-order valence-corrected chi connectivity index (χ3v) is 8.78. The zero-order chi connectivity index (χ0) is 32.1. The van der Waals surface area contributed by atoms with Gasteiger partial charge in [0.2, 0.25) is 5.91 Å². The van der Waals surface area contributed by atoms with Crippen LogP contribution in [-0.4, -0.2) is 70.7 Å². The predicted molar refractivity (Wildman–Crippen MR) is 177 cm³/mol. The molecular weight excluding hydrogens is 582 g/mol. The lowest BCUT2D eigenvalue weighted by molar-refractivity contribution is -0.253. The van der Waals surface area contributed by atoms with Crippen molar-refractivity contribution in [3.8, 4) is 0 Å². The Morgan fingerprint density at radius 1 is 0.761 bits per heavy atom. The van der Waals surface area contributed by atoms with Crippen molar-refractivity contribution in [3.63, 3.8) is 0 Å². The number of carboxylic acid groups (broad SMARTS) is 1. The Bertz CT molecular complexity index is 1380. The quantitative estimate of drug-likeness (QED) is 0.178. The van der Waals surface area contributed by atoms with Crippen LogP contribution < -0.4 is 5.32 Å². The maximum Gasteiger partial charge on any atom is 0.303 e. The number of rotatable bonds is 15. The van der Waals surface area contributed by atoms with Crippen molar-refractivity contribution >= 4 is 17.6 Å². The fourth-order valence-electron chi connectivity index (χ4n) is 6.19. The largest absolute Gasteiger partial charge is 0.481 e. The summed E-state index contributed by atoms with van der Waals surface area (Å²) in [6.45, 7) is 5.77. The minimum Gasteiger partial charge on any atom is -0.481 e. The highest BCUT2D eigenvalue weighted by atomic mass is 16.7. The molecular formula is C37H47N3O6. The average molecular weight is 630 g/mol. The summed E-state index contributed by atoms with van der Waals surface area (Å²) < 4.78 is 13.1. The molecule has 3 N–H and O–H groups in total. The zero-order valence-corrected chi connectivity index (χ0v) is 26.6. The number of piperazine rings is 1.